The molecule has 0 radical (unpaired) electrons. The van der Waals surface area contributed by atoms with Gasteiger partial charge in [-0.1, -0.05) is 68.8 Å². The summed E-state index contributed by atoms with van der Waals surface area (Å²) in [7, 11) is 3.06. The second-order valence-corrected chi connectivity index (χ2v) is 10.6. The molecule has 2 aromatic carbocycles. The summed E-state index contributed by atoms with van der Waals surface area (Å²) in [5.74, 6) is 0.146. The molecule has 10 nitrogen and oxygen atoms in total. The van der Waals surface area contributed by atoms with Crippen molar-refractivity contribution in [3.8, 4) is 5.75 Å². The number of methoxy groups -OCH3 is 2. The highest BCUT2D eigenvalue weighted by molar-refractivity contribution is 5.86. The van der Waals surface area contributed by atoms with E-state index in [1.807, 2.05) is 54.6 Å². The predicted octanol–water partition coefficient (Wildman–Crippen LogP) is 4.52. The summed E-state index contributed by atoms with van der Waals surface area (Å²) in [6, 6.07) is 16.9. The standard InChI is InChI=1S/C20H32N4O5.C10H12O.C3H8/c1-20(2,3)29-19(27)24-12-15(21)10-16(28-4)18(26)23-13-17(25)22-11-14-8-6-5-7-9-14;1-3-5-9-6-4-7-10(8-9)11-2;1-3-2/h5-9,15-16H,10-13,21H2,1-4H3,(H,22,25)(H,23,26)(H,24,27);3-4,6-8H,1,5H2,2H3;3H2,1-2H3. The maximum absolute atomic E-state index is 12.2. The summed E-state index contributed by atoms with van der Waals surface area (Å²) in [6.45, 7) is 13.5. The number of amides is 3. The van der Waals surface area contributed by atoms with Crippen molar-refractivity contribution in [3.05, 3.63) is 78.4 Å². The molecule has 0 aliphatic carbocycles. The highest BCUT2D eigenvalue weighted by Crippen LogP contribution is 2.12. The Morgan fingerprint density at radius 2 is 1.58 bits per heavy atom. The molecule has 43 heavy (non-hydrogen) atoms. The molecule has 2 atom stereocenters. The predicted molar refractivity (Wildman–Crippen MR) is 172 cm³/mol. The number of carbonyl (C=O) groups excluding carboxylic acids is 3. The van der Waals surface area contributed by atoms with Crippen molar-refractivity contribution >= 4 is 17.9 Å². The van der Waals surface area contributed by atoms with Crippen LogP contribution in [0.2, 0.25) is 0 Å². The fourth-order valence-electron chi connectivity index (χ4n) is 3.30. The normalized spacial score (nSPS) is 11.6. The van der Waals surface area contributed by atoms with Gasteiger partial charge in [-0.2, -0.15) is 0 Å². The Morgan fingerprint density at radius 1 is 0.953 bits per heavy atom. The topological polar surface area (TPSA) is 141 Å². The van der Waals surface area contributed by atoms with Crippen molar-refractivity contribution < 1.29 is 28.6 Å². The minimum Gasteiger partial charge on any atom is -0.497 e. The lowest BCUT2D eigenvalue weighted by atomic mass is 10.1. The molecule has 3 amide bonds. The monoisotopic (exact) mass is 600 g/mol. The van der Waals surface area contributed by atoms with Crippen LogP contribution in [0, 0.1) is 0 Å². The van der Waals surface area contributed by atoms with Crippen LogP contribution >= 0.6 is 0 Å². The molecule has 0 saturated heterocycles. The number of carbonyl (C=O) groups is 3. The van der Waals surface area contributed by atoms with E-state index in [4.69, 9.17) is 19.9 Å². The molecule has 10 heteroatoms. The molecule has 240 valence electrons. The van der Waals surface area contributed by atoms with Gasteiger partial charge in [-0.25, -0.2) is 4.79 Å². The second kappa shape index (κ2) is 22.7. The van der Waals surface area contributed by atoms with Crippen molar-refractivity contribution in [3.63, 3.8) is 0 Å². The van der Waals surface area contributed by atoms with Gasteiger partial charge in [0, 0.05) is 26.2 Å². The third kappa shape index (κ3) is 20.6. The molecule has 2 unspecified atom stereocenters. The van der Waals surface area contributed by atoms with Crippen LogP contribution < -0.4 is 26.4 Å². The molecule has 0 fully saturated rings. The first-order valence-corrected chi connectivity index (χ1v) is 14.5. The van der Waals surface area contributed by atoms with Crippen LogP contribution in [-0.4, -0.2) is 63.0 Å². The Hall–Kier alpha value is -3.89. The molecule has 2 aromatic rings. The molecule has 0 aromatic heterocycles. The first-order valence-electron chi connectivity index (χ1n) is 14.5. The van der Waals surface area contributed by atoms with Crippen LogP contribution in [0.15, 0.2) is 67.3 Å². The average Bonchev–Trinajstić information content (AvgIpc) is 2.97. The third-order valence-electron chi connectivity index (χ3n) is 5.27. The molecule has 0 aliphatic rings. The summed E-state index contributed by atoms with van der Waals surface area (Å²) < 4.78 is 15.4. The lowest BCUT2D eigenvalue weighted by molar-refractivity contribution is -0.133. The molecule has 2 rings (SSSR count). The highest BCUT2D eigenvalue weighted by Gasteiger charge is 2.23. The Kier molecular flexibility index (Phi) is 20.6. The molecule has 5 N–H and O–H groups in total. The van der Waals surface area contributed by atoms with E-state index in [2.05, 4.69) is 42.4 Å². The fourth-order valence-corrected chi connectivity index (χ4v) is 3.30. The summed E-state index contributed by atoms with van der Waals surface area (Å²) >= 11 is 0. The molecular formula is C33H52N4O6. The van der Waals surface area contributed by atoms with Crippen LogP contribution in [0.1, 0.15) is 58.6 Å². The fraction of sp³-hybridized carbons (Fsp3) is 0.485. The first kappa shape index (κ1) is 39.1. The molecule has 0 aliphatic heterocycles. The maximum Gasteiger partial charge on any atom is 0.407 e. The van der Waals surface area contributed by atoms with E-state index in [1.54, 1.807) is 27.9 Å². The van der Waals surface area contributed by atoms with Gasteiger partial charge in [0.1, 0.15) is 17.5 Å². The van der Waals surface area contributed by atoms with E-state index < -0.39 is 29.7 Å². The zero-order valence-electron chi connectivity index (χ0n) is 26.9. The van der Waals surface area contributed by atoms with E-state index >= 15 is 0 Å². The average molecular weight is 601 g/mol. The number of ether oxygens (including phenoxy) is 3. The van der Waals surface area contributed by atoms with Crippen molar-refractivity contribution in [1.82, 2.24) is 16.0 Å². The van der Waals surface area contributed by atoms with Gasteiger partial charge in [0.25, 0.3) is 0 Å². The second-order valence-electron chi connectivity index (χ2n) is 10.6. The Balaban J connectivity index is 0.00000104. The molecule has 0 heterocycles. The molecule has 0 spiro atoms. The van der Waals surface area contributed by atoms with E-state index in [9.17, 15) is 14.4 Å². The van der Waals surface area contributed by atoms with Crippen molar-refractivity contribution in [2.75, 3.05) is 27.3 Å². The van der Waals surface area contributed by atoms with Crippen molar-refractivity contribution in [1.29, 1.82) is 0 Å². The molecule has 0 bridgehead atoms. The molecular weight excluding hydrogens is 548 g/mol. The van der Waals surface area contributed by atoms with Gasteiger partial charge in [0.05, 0.1) is 13.7 Å². The minimum atomic E-state index is -0.840. The number of hydrogen-bond donors (Lipinski definition) is 4. The maximum atomic E-state index is 12.2. The van der Waals surface area contributed by atoms with Crippen LogP contribution in [0.4, 0.5) is 4.79 Å². The third-order valence-corrected chi connectivity index (χ3v) is 5.27. The van der Waals surface area contributed by atoms with Gasteiger partial charge in [-0.15, -0.1) is 6.58 Å². The largest absolute Gasteiger partial charge is 0.497 e. The van der Waals surface area contributed by atoms with Gasteiger partial charge in [0.2, 0.25) is 11.8 Å². The van der Waals surface area contributed by atoms with Gasteiger partial charge in [-0.3, -0.25) is 9.59 Å². The van der Waals surface area contributed by atoms with Crippen LogP contribution in [0.5, 0.6) is 5.75 Å². The number of benzene rings is 2. The lowest BCUT2D eigenvalue weighted by Crippen LogP contribution is -2.46. The number of nitrogens with two attached hydrogens (primary N) is 1. The number of rotatable bonds is 13. The van der Waals surface area contributed by atoms with Gasteiger partial charge in [-0.05, 0) is 56.9 Å². The summed E-state index contributed by atoms with van der Waals surface area (Å²) in [5.41, 5.74) is 7.55. The first-order chi connectivity index (χ1) is 20.4. The Labute approximate surface area is 257 Å². The Bertz CT molecular complexity index is 1070. The number of hydrogen-bond acceptors (Lipinski definition) is 7. The zero-order valence-corrected chi connectivity index (χ0v) is 26.9. The number of nitrogens with one attached hydrogen (secondary N) is 3. The van der Waals surface area contributed by atoms with Gasteiger partial charge in [0.15, 0.2) is 0 Å². The zero-order chi connectivity index (χ0) is 32.7. The van der Waals surface area contributed by atoms with Gasteiger partial charge < -0.3 is 35.9 Å². The minimum absolute atomic E-state index is 0.125. The van der Waals surface area contributed by atoms with E-state index in [1.165, 1.54) is 19.1 Å². The van der Waals surface area contributed by atoms with Crippen LogP contribution in [0.3, 0.4) is 0 Å². The van der Waals surface area contributed by atoms with E-state index in [-0.39, 0.29) is 25.4 Å². The quantitative estimate of drug-likeness (QED) is 0.248. The van der Waals surface area contributed by atoms with Gasteiger partial charge >= 0.3 is 6.09 Å². The number of allylic oxidation sites excluding steroid dienone is 1. The Morgan fingerprint density at radius 3 is 2.14 bits per heavy atom. The summed E-state index contributed by atoms with van der Waals surface area (Å²) in [6.07, 6.45) is 2.78. The summed E-state index contributed by atoms with van der Waals surface area (Å²) in [5, 5.41) is 7.80. The smallest absolute Gasteiger partial charge is 0.407 e. The van der Waals surface area contributed by atoms with Crippen LogP contribution in [0.25, 0.3) is 0 Å². The van der Waals surface area contributed by atoms with Crippen LogP contribution in [-0.2, 0) is 32.0 Å². The van der Waals surface area contributed by atoms with E-state index in [0.29, 0.717) is 6.54 Å². The summed E-state index contributed by atoms with van der Waals surface area (Å²) in [4.78, 5) is 35.8. The van der Waals surface area contributed by atoms with Crippen molar-refractivity contribution in [2.45, 2.75) is 78.2 Å². The number of alkyl carbamates (subject to hydrolysis) is 1. The highest BCUT2D eigenvalue weighted by atomic mass is 16.6. The lowest BCUT2D eigenvalue weighted by Gasteiger charge is -2.22. The molecule has 0 saturated carbocycles. The van der Waals surface area contributed by atoms with E-state index in [0.717, 1.165) is 17.7 Å². The SMILES string of the molecule is C=CCc1cccc(OC)c1.CCC.COC(CC(N)CNC(=O)OC(C)(C)C)C(=O)NCC(=O)NCc1ccccc1. The van der Waals surface area contributed by atoms with Crippen molar-refractivity contribution in [2.24, 2.45) is 5.73 Å².